The SMILES string of the molecule is CC#CC(=O)OCCC=C=O. The van der Waals surface area contributed by atoms with E-state index in [-0.39, 0.29) is 6.61 Å². The molecular formula is C8H8O3. The lowest BCUT2D eigenvalue weighted by Gasteiger charge is -1.93. The molecule has 0 amide bonds. The van der Waals surface area contributed by atoms with Gasteiger partial charge in [0.2, 0.25) is 0 Å². The minimum atomic E-state index is -0.563. The van der Waals surface area contributed by atoms with E-state index >= 15 is 0 Å². The fourth-order valence-corrected chi connectivity index (χ4v) is 0.408. The van der Waals surface area contributed by atoms with Gasteiger partial charge in [-0.3, -0.25) is 0 Å². The van der Waals surface area contributed by atoms with Crippen LogP contribution in [0.15, 0.2) is 6.08 Å². The Morgan fingerprint density at radius 3 is 2.91 bits per heavy atom. The molecule has 0 aromatic heterocycles. The number of carbonyl (C=O) groups excluding carboxylic acids is 2. The average Bonchev–Trinajstić information content (AvgIpc) is 1.99. The van der Waals surface area contributed by atoms with Crippen molar-refractivity contribution >= 4 is 11.9 Å². The van der Waals surface area contributed by atoms with Crippen LogP contribution in [0.3, 0.4) is 0 Å². The van der Waals surface area contributed by atoms with Crippen LogP contribution >= 0.6 is 0 Å². The van der Waals surface area contributed by atoms with Crippen molar-refractivity contribution in [2.75, 3.05) is 6.61 Å². The van der Waals surface area contributed by atoms with E-state index in [2.05, 4.69) is 16.6 Å². The highest BCUT2D eigenvalue weighted by atomic mass is 16.5. The molecule has 3 heteroatoms. The summed E-state index contributed by atoms with van der Waals surface area (Å²) in [6, 6.07) is 0. The second kappa shape index (κ2) is 6.60. The number of hydrogen-bond acceptors (Lipinski definition) is 3. The van der Waals surface area contributed by atoms with Crippen LogP contribution in [0.25, 0.3) is 0 Å². The molecule has 0 atom stereocenters. The lowest BCUT2D eigenvalue weighted by atomic mass is 10.4. The highest BCUT2D eigenvalue weighted by Gasteiger charge is 1.92. The molecule has 3 nitrogen and oxygen atoms in total. The maximum absolute atomic E-state index is 10.5. The van der Waals surface area contributed by atoms with Gasteiger partial charge >= 0.3 is 5.97 Å². The average molecular weight is 152 g/mol. The Kier molecular flexibility index (Phi) is 5.69. The van der Waals surface area contributed by atoms with Gasteiger partial charge in [-0.1, -0.05) is 5.92 Å². The van der Waals surface area contributed by atoms with Crippen molar-refractivity contribution in [2.24, 2.45) is 0 Å². The fourth-order valence-electron chi connectivity index (χ4n) is 0.408. The van der Waals surface area contributed by atoms with Crippen LogP contribution in [-0.2, 0) is 14.3 Å². The second-order valence-corrected chi connectivity index (χ2v) is 1.62. The van der Waals surface area contributed by atoms with Gasteiger partial charge in [-0.15, -0.1) is 0 Å². The highest BCUT2D eigenvalue weighted by Crippen LogP contribution is 1.82. The Morgan fingerprint density at radius 1 is 1.64 bits per heavy atom. The Hall–Kier alpha value is -1.52. The molecule has 0 radical (unpaired) electrons. The topological polar surface area (TPSA) is 43.4 Å². The van der Waals surface area contributed by atoms with E-state index in [9.17, 15) is 9.59 Å². The van der Waals surface area contributed by atoms with E-state index in [1.54, 1.807) is 12.9 Å². The van der Waals surface area contributed by atoms with Crippen LogP contribution in [0.5, 0.6) is 0 Å². The summed E-state index contributed by atoms with van der Waals surface area (Å²) < 4.78 is 4.56. The number of ether oxygens (including phenoxy) is 1. The predicted octanol–water partition coefficient (Wildman–Crippen LogP) is 0.331. The van der Waals surface area contributed by atoms with Gasteiger partial charge < -0.3 is 4.74 Å². The number of hydrogen-bond donors (Lipinski definition) is 0. The molecule has 0 rings (SSSR count). The highest BCUT2D eigenvalue weighted by molar-refractivity contribution is 5.88. The van der Waals surface area contributed by atoms with Crippen molar-refractivity contribution in [3.05, 3.63) is 6.08 Å². The van der Waals surface area contributed by atoms with Gasteiger partial charge in [-0.25, -0.2) is 9.59 Å². The lowest BCUT2D eigenvalue weighted by Crippen LogP contribution is -2.01. The van der Waals surface area contributed by atoms with Crippen LogP contribution in [0, 0.1) is 11.8 Å². The Labute approximate surface area is 65.0 Å². The minimum Gasteiger partial charge on any atom is -0.456 e. The molecular weight excluding hydrogens is 144 g/mol. The Morgan fingerprint density at radius 2 is 2.36 bits per heavy atom. The summed E-state index contributed by atoms with van der Waals surface area (Å²) >= 11 is 0. The first-order valence-electron chi connectivity index (χ1n) is 3.10. The summed E-state index contributed by atoms with van der Waals surface area (Å²) in [4.78, 5) is 20.1. The predicted molar refractivity (Wildman–Crippen MR) is 39.3 cm³/mol. The summed E-state index contributed by atoms with van der Waals surface area (Å²) in [5.74, 6) is 5.60. The van der Waals surface area contributed by atoms with Gasteiger partial charge in [0.05, 0.1) is 6.61 Å². The van der Waals surface area contributed by atoms with E-state index in [4.69, 9.17) is 0 Å². The van der Waals surface area contributed by atoms with Crippen molar-refractivity contribution < 1.29 is 14.3 Å². The van der Waals surface area contributed by atoms with Crippen molar-refractivity contribution in [3.63, 3.8) is 0 Å². The Bertz CT molecular complexity index is 225. The van der Waals surface area contributed by atoms with Crippen molar-refractivity contribution in [1.82, 2.24) is 0 Å². The van der Waals surface area contributed by atoms with Crippen LogP contribution in [0.2, 0.25) is 0 Å². The monoisotopic (exact) mass is 152 g/mol. The summed E-state index contributed by atoms with van der Waals surface area (Å²) in [5, 5.41) is 0. The smallest absolute Gasteiger partial charge is 0.384 e. The molecule has 0 spiro atoms. The van der Waals surface area contributed by atoms with Crippen LogP contribution in [0.4, 0.5) is 0 Å². The van der Waals surface area contributed by atoms with E-state index < -0.39 is 5.97 Å². The van der Waals surface area contributed by atoms with Gasteiger partial charge in [0.1, 0.15) is 5.94 Å². The van der Waals surface area contributed by atoms with Crippen molar-refractivity contribution in [3.8, 4) is 11.8 Å². The maximum atomic E-state index is 10.5. The third kappa shape index (κ3) is 6.36. The molecule has 0 saturated heterocycles. The van der Waals surface area contributed by atoms with E-state index in [1.807, 2.05) is 0 Å². The zero-order valence-electron chi connectivity index (χ0n) is 6.22. The summed E-state index contributed by atoms with van der Waals surface area (Å²) in [6.07, 6.45) is 1.65. The summed E-state index contributed by atoms with van der Waals surface area (Å²) in [7, 11) is 0. The lowest BCUT2D eigenvalue weighted by molar-refractivity contribution is -0.136. The normalized spacial score (nSPS) is 7.00. The Balaban J connectivity index is 3.44. The molecule has 11 heavy (non-hydrogen) atoms. The zero-order valence-corrected chi connectivity index (χ0v) is 6.22. The molecule has 58 valence electrons. The van der Waals surface area contributed by atoms with Gasteiger partial charge in [-0.05, 0) is 6.92 Å². The largest absolute Gasteiger partial charge is 0.456 e. The first-order chi connectivity index (χ1) is 5.31. The molecule has 0 fully saturated rings. The van der Waals surface area contributed by atoms with E-state index in [0.29, 0.717) is 6.42 Å². The molecule has 0 aliphatic rings. The van der Waals surface area contributed by atoms with Gasteiger partial charge in [0, 0.05) is 18.4 Å². The molecule has 0 aliphatic heterocycles. The van der Waals surface area contributed by atoms with Gasteiger partial charge in [0.15, 0.2) is 0 Å². The number of rotatable bonds is 3. The minimum absolute atomic E-state index is 0.183. The molecule has 0 bridgehead atoms. The number of esters is 1. The van der Waals surface area contributed by atoms with Gasteiger partial charge in [0.25, 0.3) is 0 Å². The summed E-state index contributed by atoms with van der Waals surface area (Å²) in [6.45, 7) is 1.73. The van der Waals surface area contributed by atoms with Gasteiger partial charge in [-0.2, -0.15) is 0 Å². The third-order valence-corrected chi connectivity index (χ3v) is 0.806. The van der Waals surface area contributed by atoms with Crippen molar-refractivity contribution in [1.29, 1.82) is 0 Å². The first kappa shape index (κ1) is 9.48. The quantitative estimate of drug-likeness (QED) is 0.192. The van der Waals surface area contributed by atoms with E-state index in [0.717, 1.165) is 0 Å². The standard InChI is InChI=1S/C8H8O3/c1-2-5-8(10)11-7-4-3-6-9/h3H,4,7H2,1H3. The molecule has 0 aromatic rings. The van der Waals surface area contributed by atoms with Crippen molar-refractivity contribution in [2.45, 2.75) is 13.3 Å². The van der Waals surface area contributed by atoms with Crippen LogP contribution in [-0.4, -0.2) is 18.5 Å². The maximum Gasteiger partial charge on any atom is 0.384 e. The molecule has 0 heterocycles. The molecule has 0 N–H and O–H groups in total. The van der Waals surface area contributed by atoms with Crippen LogP contribution < -0.4 is 0 Å². The molecule has 0 aliphatic carbocycles. The first-order valence-corrected chi connectivity index (χ1v) is 3.10. The molecule has 0 aromatic carbocycles. The molecule has 0 unspecified atom stereocenters. The zero-order chi connectivity index (χ0) is 8.53. The fraction of sp³-hybridized carbons (Fsp3) is 0.375. The van der Waals surface area contributed by atoms with E-state index in [1.165, 1.54) is 6.08 Å². The second-order valence-electron chi connectivity index (χ2n) is 1.62. The third-order valence-electron chi connectivity index (χ3n) is 0.806. The number of carbonyl (C=O) groups is 1. The molecule has 0 saturated carbocycles. The summed E-state index contributed by atoms with van der Waals surface area (Å²) in [5.41, 5.74) is 0. The van der Waals surface area contributed by atoms with Crippen LogP contribution in [0.1, 0.15) is 13.3 Å².